The summed E-state index contributed by atoms with van der Waals surface area (Å²) in [4.78, 5) is 2.83. The molecule has 1 heteroatoms. The Morgan fingerprint density at radius 1 is 1.10 bits per heavy atom. The minimum Gasteiger partial charge on any atom is -0.300 e. The zero-order valence-corrected chi connectivity index (χ0v) is 13.7. The maximum Gasteiger partial charge on any atom is 0.0133 e. The van der Waals surface area contributed by atoms with Crippen molar-refractivity contribution in [2.75, 3.05) is 13.1 Å². The van der Waals surface area contributed by atoms with E-state index < -0.39 is 0 Å². The largest absolute Gasteiger partial charge is 0.300 e. The molecule has 1 unspecified atom stereocenters. The highest BCUT2D eigenvalue weighted by atomic mass is 15.2. The van der Waals surface area contributed by atoms with Gasteiger partial charge in [-0.2, -0.15) is 0 Å². The summed E-state index contributed by atoms with van der Waals surface area (Å²) in [6.07, 6.45) is 16.9. The molecule has 1 saturated carbocycles. The molecule has 3 aliphatic rings. The van der Waals surface area contributed by atoms with Gasteiger partial charge in [0, 0.05) is 6.04 Å². The van der Waals surface area contributed by atoms with Gasteiger partial charge >= 0.3 is 0 Å². The molecule has 1 spiro atoms. The molecule has 3 rings (SSSR count). The van der Waals surface area contributed by atoms with Crippen LogP contribution in [0.4, 0.5) is 0 Å². The first-order valence-electron chi connectivity index (χ1n) is 9.13. The maximum atomic E-state index is 2.83. The van der Waals surface area contributed by atoms with Crippen LogP contribution in [-0.4, -0.2) is 24.0 Å². The molecule has 1 aliphatic heterocycles. The molecule has 0 aromatic carbocycles. The molecule has 1 nitrogen and oxygen atoms in total. The molecule has 20 heavy (non-hydrogen) atoms. The lowest BCUT2D eigenvalue weighted by Crippen LogP contribution is -2.46. The Balaban J connectivity index is 1.50. The lowest BCUT2D eigenvalue weighted by molar-refractivity contribution is 0.0327. The maximum absolute atomic E-state index is 2.83. The molecular weight excluding hydrogens is 242 g/mol. The van der Waals surface area contributed by atoms with Gasteiger partial charge in [0.25, 0.3) is 0 Å². The Hall–Kier alpha value is -0.300. The van der Waals surface area contributed by atoms with Gasteiger partial charge in [-0.3, -0.25) is 0 Å². The molecule has 1 heterocycles. The molecule has 2 fully saturated rings. The van der Waals surface area contributed by atoms with Crippen molar-refractivity contribution in [1.82, 2.24) is 4.90 Å². The quantitative estimate of drug-likeness (QED) is 0.629. The first-order chi connectivity index (χ1) is 9.71. The predicted octanol–water partition coefficient (Wildman–Crippen LogP) is 5.17. The molecule has 0 aromatic rings. The summed E-state index contributed by atoms with van der Waals surface area (Å²) in [7, 11) is 0. The predicted molar refractivity (Wildman–Crippen MR) is 86.9 cm³/mol. The smallest absolute Gasteiger partial charge is 0.0133 e. The second kappa shape index (κ2) is 6.22. The van der Waals surface area contributed by atoms with Gasteiger partial charge in [-0.05, 0) is 75.8 Å². The summed E-state index contributed by atoms with van der Waals surface area (Å²) in [5, 5.41) is 0. The van der Waals surface area contributed by atoms with Crippen LogP contribution in [-0.2, 0) is 0 Å². The lowest BCUT2D eigenvalue weighted by Gasteiger charge is -2.48. The standard InChI is InChI=1S/C19H33N/c1-3-17-4-6-18(7-5-17)20-14-12-19(13-15-20)10-8-16(2)9-11-19/h4,16,18H,3,5-15H2,1-2H3. The Kier molecular flexibility index (Phi) is 4.55. The fourth-order valence-electron chi connectivity index (χ4n) is 4.77. The Bertz CT molecular complexity index is 339. The van der Waals surface area contributed by atoms with E-state index in [4.69, 9.17) is 0 Å². The monoisotopic (exact) mass is 275 g/mol. The van der Waals surface area contributed by atoms with Crippen LogP contribution in [0.5, 0.6) is 0 Å². The highest BCUT2D eigenvalue weighted by Crippen LogP contribution is 2.46. The van der Waals surface area contributed by atoms with Crippen LogP contribution in [0.1, 0.15) is 78.1 Å². The third-order valence-corrected chi connectivity index (χ3v) is 6.64. The summed E-state index contributed by atoms with van der Waals surface area (Å²) in [6, 6.07) is 0.866. The van der Waals surface area contributed by atoms with Crippen LogP contribution in [0.15, 0.2) is 11.6 Å². The number of likely N-dealkylation sites (tertiary alicyclic amines) is 1. The van der Waals surface area contributed by atoms with Gasteiger partial charge in [0.15, 0.2) is 0 Å². The SMILES string of the molecule is CCC1=CCC(N2CCC3(CCC(C)CC3)CC2)CC1. The average Bonchev–Trinajstić information content (AvgIpc) is 2.52. The highest BCUT2D eigenvalue weighted by molar-refractivity contribution is 5.08. The van der Waals surface area contributed by atoms with Crippen LogP contribution >= 0.6 is 0 Å². The Morgan fingerprint density at radius 2 is 1.80 bits per heavy atom. The lowest BCUT2D eigenvalue weighted by atomic mass is 9.65. The van der Waals surface area contributed by atoms with Gasteiger partial charge in [0.05, 0.1) is 0 Å². The number of hydrogen-bond donors (Lipinski definition) is 0. The van der Waals surface area contributed by atoms with Crippen molar-refractivity contribution in [1.29, 1.82) is 0 Å². The van der Waals surface area contributed by atoms with Crippen LogP contribution in [0, 0.1) is 11.3 Å². The number of allylic oxidation sites excluding steroid dienone is 1. The number of rotatable bonds is 2. The minimum atomic E-state index is 0.752. The van der Waals surface area contributed by atoms with Gasteiger partial charge in [0.1, 0.15) is 0 Å². The highest BCUT2D eigenvalue weighted by Gasteiger charge is 2.38. The van der Waals surface area contributed by atoms with E-state index in [9.17, 15) is 0 Å². The molecule has 0 radical (unpaired) electrons. The molecule has 0 aromatic heterocycles. The summed E-state index contributed by atoms with van der Waals surface area (Å²) >= 11 is 0. The van der Waals surface area contributed by atoms with Crippen molar-refractivity contribution in [3.63, 3.8) is 0 Å². The second-order valence-electron chi connectivity index (χ2n) is 7.86. The van der Waals surface area contributed by atoms with E-state index >= 15 is 0 Å². The van der Waals surface area contributed by atoms with Crippen LogP contribution in [0.3, 0.4) is 0 Å². The minimum absolute atomic E-state index is 0.752. The van der Waals surface area contributed by atoms with E-state index in [1.54, 1.807) is 5.57 Å². The van der Waals surface area contributed by atoms with Crippen LogP contribution in [0.25, 0.3) is 0 Å². The van der Waals surface area contributed by atoms with E-state index in [0.29, 0.717) is 0 Å². The third kappa shape index (κ3) is 3.13. The normalized spacial score (nSPS) is 32.3. The number of nitrogens with zero attached hydrogens (tertiary/aromatic N) is 1. The van der Waals surface area contributed by atoms with Crippen molar-refractivity contribution in [2.45, 2.75) is 84.1 Å². The molecule has 2 aliphatic carbocycles. The fourth-order valence-corrected chi connectivity index (χ4v) is 4.77. The van der Waals surface area contributed by atoms with Crippen molar-refractivity contribution in [3.8, 4) is 0 Å². The van der Waals surface area contributed by atoms with Gasteiger partial charge in [-0.25, -0.2) is 0 Å². The topological polar surface area (TPSA) is 3.24 Å². The molecular formula is C19H33N. The molecule has 0 bridgehead atoms. The zero-order chi connectivity index (χ0) is 14.0. The molecule has 1 atom stereocenters. The van der Waals surface area contributed by atoms with Crippen molar-refractivity contribution in [3.05, 3.63) is 11.6 Å². The van der Waals surface area contributed by atoms with E-state index in [-0.39, 0.29) is 0 Å². The average molecular weight is 275 g/mol. The first kappa shape index (κ1) is 14.6. The van der Waals surface area contributed by atoms with Gasteiger partial charge < -0.3 is 4.90 Å². The van der Waals surface area contributed by atoms with E-state index in [1.165, 1.54) is 77.3 Å². The summed E-state index contributed by atoms with van der Waals surface area (Å²) in [5.74, 6) is 0.995. The molecule has 114 valence electrons. The van der Waals surface area contributed by atoms with Crippen LogP contribution < -0.4 is 0 Å². The third-order valence-electron chi connectivity index (χ3n) is 6.64. The Labute approximate surface area is 125 Å². The van der Waals surface area contributed by atoms with E-state index in [1.807, 2.05) is 0 Å². The van der Waals surface area contributed by atoms with Crippen molar-refractivity contribution in [2.24, 2.45) is 11.3 Å². The summed E-state index contributed by atoms with van der Waals surface area (Å²) < 4.78 is 0. The zero-order valence-electron chi connectivity index (χ0n) is 13.7. The fraction of sp³-hybridized carbons (Fsp3) is 0.895. The number of piperidine rings is 1. The first-order valence-corrected chi connectivity index (χ1v) is 9.13. The number of hydrogen-bond acceptors (Lipinski definition) is 1. The molecule has 1 saturated heterocycles. The summed E-state index contributed by atoms with van der Waals surface area (Å²) in [6.45, 7) is 7.52. The van der Waals surface area contributed by atoms with Gasteiger partial charge in [-0.1, -0.05) is 38.3 Å². The molecule has 0 amide bonds. The summed E-state index contributed by atoms with van der Waals surface area (Å²) in [5.41, 5.74) is 2.46. The Morgan fingerprint density at radius 3 is 2.35 bits per heavy atom. The van der Waals surface area contributed by atoms with Crippen molar-refractivity contribution >= 4 is 0 Å². The van der Waals surface area contributed by atoms with E-state index in [0.717, 1.165) is 17.4 Å². The molecule has 0 N–H and O–H groups in total. The second-order valence-corrected chi connectivity index (χ2v) is 7.86. The van der Waals surface area contributed by atoms with Crippen molar-refractivity contribution < 1.29 is 0 Å². The van der Waals surface area contributed by atoms with Crippen LogP contribution in [0.2, 0.25) is 0 Å². The van der Waals surface area contributed by atoms with Gasteiger partial charge in [0.2, 0.25) is 0 Å². The van der Waals surface area contributed by atoms with E-state index in [2.05, 4.69) is 24.8 Å². The van der Waals surface area contributed by atoms with Gasteiger partial charge in [-0.15, -0.1) is 0 Å².